The van der Waals surface area contributed by atoms with E-state index in [4.69, 9.17) is 5.73 Å². The number of aliphatic hydroxyl groups excluding tert-OH is 2. The fourth-order valence-corrected chi connectivity index (χ4v) is 8.04. The first-order valence-electron chi connectivity index (χ1n) is 14.6. The second-order valence-electron chi connectivity index (χ2n) is 13.0. The predicted octanol–water partition coefficient (Wildman–Crippen LogP) is 1.81. The Morgan fingerprint density at radius 3 is 2.29 bits per heavy atom. The highest BCUT2D eigenvalue weighted by Crippen LogP contribution is 2.53. The number of rotatable bonds is 7. The average Bonchev–Trinajstić information content (AvgIpc) is 3.38. The number of hydrogen-bond acceptors (Lipinski definition) is 10. The standard InChI is InChI=1S/C31H42N4O7/c1-33(2)24-17(14-35(5)13-15-8-6-7-9-15)12-20(36)22-18(24)10-16-11-19-25(34(3)4)27(38)23(30(32)41)29(40)31(19,42)28(39)21(16)26(22)37/h12,15-16,19,25,36,38-39,42H,6-11,13-14H2,1-5H3,(H2,32,41)/t16-,19-,25-,31-/m0/s1. The van der Waals surface area contributed by atoms with E-state index in [1.807, 2.05) is 19.0 Å². The van der Waals surface area contributed by atoms with E-state index in [-0.39, 0.29) is 29.7 Å². The third-order valence-electron chi connectivity index (χ3n) is 9.71. The molecule has 11 heteroatoms. The van der Waals surface area contributed by atoms with Gasteiger partial charge >= 0.3 is 0 Å². The van der Waals surface area contributed by atoms with Crippen molar-refractivity contribution in [2.24, 2.45) is 23.5 Å². The van der Waals surface area contributed by atoms with Gasteiger partial charge in [0.15, 0.2) is 11.4 Å². The zero-order chi connectivity index (χ0) is 30.8. The number of primary amides is 1. The number of fused-ring (bicyclic) bond motifs is 3. The Hall–Kier alpha value is -3.41. The van der Waals surface area contributed by atoms with Crippen molar-refractivity contribution in [3.8, 4) is 5.75 Å². The second kappa shape index (κ2) is 10.7. The third-order valence-corrected chi connectivity index (χ3v) is 9.71. The van der Waals surface area contributed by atoms with E-state index < -0.39 is 58.0 Å². The molecule has 11 nitrogen and oxygen atoms in total. The Morgan fingerprint density at radius 2 is 1.71 bits per heavy atom. The van der Waals surface area contributed by atoms with Gasteiger partial charge in [0, 0.05) is 44.4 Å². The van der Waals surface area contributed by atoms with Gasteiger partial charge < -0.3 is 36.0 Å². The minimum absolute atomic E-state index is 0.0293. The average molecular weight is 583 g/mol. The highest BCUT2D eigenvalue weighted by molar-refractivity contribution is 6.24. The van der Waals surface area contributed by atoms with E-state index in [1.165, 1.54) is 25.7 Å². The summed E-state index contributed by atoms with van der Waals surface area (Å²) in [5.41, 5.74) is 4.16. The Morgan fingerprint density at radius 1 is 1.07 bits per heavy atom. The van der Waals surface area contributed by atoms with Crippen LogP contribution in [0.4, 0.5) is 5.69 Å². The van der Waals surface area contributed by atoms with Gasteiger partial charge in [-0.15, -0.1) is 0 Å². The molecule has 6 N–H and O–H groups in total. The molecule has 0 aliphatic heterocycles. The van der Waals surface area contributed by atoms with Crippen molar-refractivity contribution >= 4 is 23.2 Å². The Bertz CT molecular complexity index is 1410. The van der Waals surface area contributed by atoms with Crippen molar-refractivity contribution in [1.29, 1.82) is 0 Å². The molecule has 0 spiro atoms. The maximum atomic E-state index is 14.0. The molecule has 5 rings (SSSR count). The van der Waals surface area contributed by atoms with Gasteiger partial charge in [0.2, 0.25) is 5.78 Å². The maximum absolute atomic E-state index is 14.0. The number of phenolic OH excluding ortho intramolecular Hbond substituents is 1. The van der Waals surface area contributed by atoms with Crippen LogP contribution in [0.2, 0.25) is 0 Å². The van der Waals surface area contributed by atoms with Crippen LogP contribution in [0.3, 0.4) is 0 Å². The summed E-state index contributed by atoms with van der Waals surface area (Å²) in [4.78, 5) is 45.4. The number of anilines is 1. The molecule has 1 amide bonds. The summed E-state index contributed by atoms with van der Waals surface area (Å²) < 4.78 is 0. The van der Waals surface area contributed by atoms with Crippen LogP contribution in [-0.2, 0) is 22.6 Å². The molecule has 1 fully saturated rings. The molecular weight excluding hydrogens is 540 g/mol. The van der Waals surface area contributed by atoms with Crippen LogP contribution in [0.15, 0.2) is 28.7 Å². The lowest BCUT2D eigenvalue weighted by molar-refractivity contribution is -0.148. The fraction of sp³-hybridized carbons (Fsp3) is 0.581. The first-order chi connectivity index (χ1) is 19.7. The molecule has 42 heavy (non-hydrogen) atoms. The van der Waals surface area contributed by atoms with E-state index in [0.717, 1.165) is 17.8 Å². The maximum Gasteiger partial charge on any atom is 0.255 e. The monoisotopic (exact) mass is 582 g/mol. The van der Waals surface area contributed by atoms with Gasteiger partial charge in [-0.05, 0) is 75.9 Å². The zero-order valence-corrected chi connectivity index (χ0v) is 25.0. The summed E-state index contributed by atoms with van der Waals surface area (Å²) in [6, 6.07) is 0.572. The van der Waals surface area contributed by atoms with Crippen LogP contribution in [-0.4, -0.2) is 101 Å². The summed E-state index contributed by atoms with van der Waals surface area (Å²) in [7, 11) is 9.06. The number of likely N-dealkylation sites (N-methyl/N-ethyl adjacent to an activating group) is 1. The Balaban J connectivity index is 1.61. The number of amides is 1. The van der Waals surface area contributed by atoms with Crippen LogP contribution in [0.1, 0.15) is 53.6 Å². The lowest BCUT2D eigenvalue weighted by Crippen LogP contribution is -2.63. The topological polar surface area (TPSA) is 168 Å². The molecule has 228 valence electrons. The van der Waals surface area contributed by atoms with E-state index in [0.29, 0.717) is 18.0 Å². The van der Waals surface area contributed by atoms with Crippen LogP contribution < -0.4 is 10.6 Å². The number of nitrogens with zero attached hydrogens (tertiary/aromatic N) is 3. The van der Waals surface area contributed by atoms with Gasteiger partial charge in [0.25, 0.3) is 5.91 Å². The Kier molecular flexibility index (Phi) is 7.66. The first-order valence-corrected chi connectivity index (χ1v) is 14.6. The molecule has 1 saturated carbocycles. The molecule has 0 unspecified atom stereocenters. The lowest BCUT2D eigenvalue weighted by Gasteiger charge is -2.50. The van der Waals surface area contributed by atoms with Gasteiger partial charge in [0.05, 0.1) is 11.6 Å². The number of Topliss-reactive ketones (excluding diaryl/α,β-unsaturated/α-hetero) is 2. The van der Waals surface area contributed by atoms with Crippen molar-refractivity contribution in [1.82, 2.24) is 9.80 Å². The number of benzene rings is 1. The molecule has 4 aliphatic carbocycles. The largest absolute Gasteiger partial charge is 0.510 e. The van der Waals surface area contributed by atoms with Crippen molar-refractivity contribution in [2.75, 3.05) is 46.7 Å². The number of carbonyl (C=O) groups excluding carboxylic acids is 3. The normalized spacial score (nSPS) is 28.0. The highest BCUT2D eigenvalue weighted by atomic mass is 16.3. The second-order valence-corrected chi connectivity index (χ2v) is 13.0. The quantitative estimate of drug-likeness (QED) is 0.299. The third kappa shape index (κ3) is 4.49. The number of carbonyl (C=O) groups is 3. The van der Waals surface area contributed by atoms with Gasteiger partial charge in [-0.2, -0.15) is 0 Å². The number of phenols is 1. The van der Waals surface area contributed by atoms with Crippen molar-refractivity contribution in [2.45, 2.75) is 56.7 Å². The molecule has 4 atom stereocenters. The van der Waals surface area contributed by atoms with Gasteiger partial charge in [0.1, 0.15) is 22.8 Å². The molecule has 0 bridgehead atoms. The summed E-state index contributed by atoms with van der Waals surface area (Å²) in [6.07, 6.45) is 5.25. The summed E-state index contributed by atoms with van der Waals surface area (Å²) in [6.45, 7) is 1.52. The number of ketones is 2. The first kappa shape index (κ1) is 30.1. The molecule has 1 aromatic rings. The van der Waals surface area contributed by atoms with Crippen LogP contribution in [0.5, 0.6) is 5.75 Å². The van der Waals surface area contributed by atoms with Gasteiger partial charge in [-0.3, -0.25) is 19.3 Å². The predicted molar refractivity (Wildman–Crippen MR) is 156 cm³/mol. The smallest absolute Gasteiger partial charge is 0.255 e. The van der Waals surface area contributed by atoms with E-state index >= 15 is 0 Å². The van der Waals surface area contributed by atoms with Gasteiger partial charge in [-0.1, -0.05) is 12.8 Å². The van der Waals surface area contributed by atoms with E-state index in [2.05, 4.69) is 11.9 Å². The van der Waals surface area contributed by atoms with Crippen molar-refractivity contribution < 1.29 is 34.8 Å². The highest BCUT2D eigenvalue weighted by Gasteiger charge is 2.63. The molecule has 0 saturated heterocycles. The van der Waals surface area contributed by atoms with Crippen LogP contribution in [0.25, 0.3) is 0 Å². The number of aromatic hydroxyl groups is 1. The molecule has 0 radical (unpaired) electrons. The summed E-state index contributed by atoms with van der Waals surface area (Å²) >= 11 is 0. The molecule has 4 aliphatic rings. The Labute approximate surface area is 245 Å². The van der Waals surface area contributed by atoms with Crippen LogP contribution in [0, 0.1) is 17.8 Å². The van der Waals surface area contributed by atoms with Crippen molar-refractivity contribution in [3.63, 3.8) is 0 Å². The minimum Gasteiger partial charge on any atom is -0.510 e. The van der Waals surface area contributed by atoms with Gasteiger partial charge in [-0.25, -0.2) is 0 Å². The van der Waals surface area contributed by atoms with E-state index in [9.17, 15) is 34.8 Å². The fourth-order valence-electron chi connectivity index (χ4n) is 8.04. The number of hydrogen-bond donors (Lipinski definition) is 5. The number of aliphatic hydroxyl groups is 3. The molecule has 1 aromatic carbocycles. The number of allylic oxidation sites excluding steroid dienone is 1. The summed E-state index contributed by atoms with van der Waals surface area (Å²) in [5.74, 6) is -5.84. The number of nitrogens with two attached hydrogens (primary N) is 1. The minimum atomic E-state index is -2.65. The SMILES string of the molecule is CN(Cc1cc(O)c2c(c1N(C)C)C[C@H]1C[C@H]3[C@H](N(C)C)C(O)=C(C(N)=O)C(=O)[C@@]3(O)C(O)=C1C2=O)CC1CCCC1. The zero-order valence-electron chi connectivity index (χ0n) is 25.0. The van der Waals surface area contributed by atoms with E-state index in [1.54, 1.807) is 25.1 Å². The molecule has 0 heterocycles. The van der Waals surface area contributed by atoms with Crippen molar-refractivity contribution in [3.05, 3.63) is 45.4 Å². The summed E-state index contributed by atoms with van der Waals surface area (Å²) in [5, 5.41) is 45.5. The molecule has 0 aromatic heterocycles. The van der Waals surface area contributed by atoms with Crippen LogP contribution >= 0.6 is 0 Å². The lowest BCUT2D eigenvalue weighted by atomic mass is 9.58. The molecular formula is C31H42N4O7.